The predicted molar refractivity (Wildman–Crippen MR) is 53.0 cm³/mol. The van der Waals surface area contributed by atoms with Crippen LogP contribution in [0.5, 0.6) is 0 Å². The highest BCUT2D eigenvalue weighted by molar-refractivity contribution is 5.83. The van der Waals surface area contributed by atoms with E-state index in [4.69, 9.17) is 4.74 Å². The molecule has 2 unspecified atom stereocenters. The van der Waals surface area contributed by atoms with Gasteiger partial charge in [-0.25, -0.2) is 0 Å². The van der Waals surface area contributed by atoms with E-state index in [1.807, 2.05) is 0 Å². The number of methoxy groups -OCH3 is 1. The van der Waals surface area contributed by atoms with Crippen molar-refractivity contribution >= 4 is 5.91 Å². The number of piperidine rings is 1. The first-order valence-corrected chi connectivity index (χ1v) is 5.33. The number of fused-ring (bicyclic) bond motifs is 1. The van der Waals surface area contributed by atoms with Gasteiger partial charge in [0, 0.05) is 20.2 Å². The Morgan fingerprint density at radius 2 is 2.43 bits per heavy atom. The van der Waals surface area contributed by atoms with Crippen molar-refractivity contribution in [3.8, 4) is 0 Å². The monoisotopic (exact) mass is 198 g/mol. The first kappa shape index (κ1) is 9.93. The largest absolute Gasteiger partial charge is 0.383 e. The normalized spacial score (nSPS) is 32.8. The van der Waals surface area contributed by atoms with E-state index >= 15 is 0 Å². The van der Waals surface area contributed by atoms with E-state index in [0.29, 0.717) is 5.92 Å². The Hall–Kier alpha value is -0.610. The van der Waals surface area contributed by atoms with Gasteiger partial charge in [0.2, 0.25) is 5.91 Å². The van der Waals surface area contributed by atoms with E-state index in [0.717, 1.165) is 32.7 Å². The van der Waals surface area contributed by atoms with Crippen molar-refractivity contribution in [3.63, 3.8) is 0 Å². The zero-order valence-corrected chi connectivity index (χ0v) is 8.66. The summed E-state index contributed by atoms with van der Waals surface area (Å²) in [5, 5.41) is 2.94. The van der Waals surface area contributed by atoms with Crippen molar-refractivity contribution in [2.24, 2.45) is 5.92 Å². The van der Waals surface area contributed by atoms with Crippen molar-refractivity contribution in [1.29, 1.82) is 0 Å². The molecule has 2 fully saturated rings. The Balaban J connectivity index is 1.96. The summed E-state index contributed by atoms with van der Waals surface area (Å²) in [7, 11) is 1.70. The minimum Gasteiger partial charge on any atom is -0.383 e. The Morgan fingerprint density at radius 1 is 1.57 bits per heavy atom. The summed E-state index contributed by atoms with van der Waals surface area (Å²) in [6, 6.07) is 0.124. The molecule has 0 aromatic heterocycles. The van der Waals surface area contributed by atoms with Crippen LogP contribution in [0.15, 0.2) is 0 Å². The fourth-order valence-electron chi connectivity index (χ4n) is 2.55. The number of hydrogen-bond donors (Lipinski definition) is 1. The summed E-state index contributed by atoms with van der Waals surface area (Å²) in [5.41, 5.74) is 0. The highest BCUT2D eigenvalue weighted by Gasteiger charge is 2.40. The summed E-state index contributed by atoms with van der Waals surface area (Å²) in [6.07, 6.45) is 2.31. The molecule has 4 nitrogen and oxygen atoms in total. The molecule has 2 heterocycles. The van der Waals surface area contributed by atoms with Crippen LogP contribution in [0.3, 0.4) is 0 Å². The molecule has 0 bridgehead atoms. The lowest BCUT2D eigenvalue weighted by Crippen LogP contribution is -2.51. The average Bonchev–Trinajstić information content (AvgIpc) is 2.59. The first-order chi connectivity index (χ1) is 6.83. The third-order valence-electron chi connectivity index (χ3n) is 3.29. The molecule has 1 N–H and O–H groups in total. The molecule has 0 aromatic rings. The van der Waals surface area contributed by atoms with Crippen LogP contribution in [0.2, 0.25) is 0 Å². The lowest BCUT2D eigenvalue weighted by atomic mass is 9.93. The summed E-state index contributed by atoms with van der Waals surface area (Å²) < 4.78 is 5.05. The summed E-state index contributed by atoms with van der Waals surface area (Å²) in [5.74, 6) is 0.801. The van der Waals surface area contributed by atoms with Crippen LogP contribution in [0.1, 0.15) is 12.8 Å². The van der Waals surface area contributed by atoms with Crippen LogP contribution in [0.25, 0.3) is 0 Å². The lowest BCUT2D eigenvalue weighted by Gasteiger charge is -2.30. The molecule has 80 valence electrons. The number of hydrogen-bond acceptors (Lipinski definition) is 3. The predicted octanol–water partition coefficient (Wildman–Crippen LogP) is -0.157. The zero-order valence-electron chi connectivity index (χ0n) is 8.66. The van der Waals surface area contributed by atoms with Crippen LogP contribution >= 0.6 is 0 Å². The molecule has 0 spiro atoms. The molecule has 0 aromatic carbocycles. The standard InChI is InChI=1S/C10H18N2O2/c1-14-7-6-12-5-3-8-2-4-11-10(13)9(8)12/h8-9H,2-7H2,1H3,(H,11,13). The quantitative estimate of drug-likeness (QED) is 0.685. The molecular weight excluding hydrogens is 180 g/mol. The third kappa shape index (κ3) is 1.77. The van der Waals surface area contributed by atoms with Gasteiger partial charge in [-0.3, -0.25) is 9.69 Å². The highest BCUT2D eigenvalue weighted by atomic mass is 16.5. The topological polar surface area (TPSA) is 41.6 Å². The molecule has 2 aliphatic heterocycles. The van der Waals surface area contributed by atoms with Gasteiger partial charge in [0.1, 0.15) is 0 Å². The van der Waals surface area contributed by atoms with Gasteiger partial charge in [0.15, 0.2) is 0 Å². The number of amides is 1. The van der Waals surface area contributed by atoms with Gasteiger partial charge in [-0.2, -0.15) is 0 Å². The van der Waals surface area contributed by atoms with Crippen LogP contribution in [-0.4, -0.2) is 50.2 Å². The maximum Gasteiger partial charge on any atom is 0.237 e. The zero-order chi connectivity index (χ0) is 9.97. The Labute approximate surface area is 84.6 Å². The summed E-state index contributed by atoms with van der Waals surface area (Å²) in [4.78, 5) is 13.9. The van der Waals surface area contributed by atoms with E-state index in [1.54, 1.807) is 7.11 Å². The van der Waals surface area contributed by atoms with Crippen molar-refractivity contribution in [3.05, 3.63) is 0 Å². The fraction of sp³-hybridized carbons (Fsp3) is 0.900. The van der Waals surface area contributed by atoms with E-state index in [1.165, 1.54) is 6.42 Å². The van der Waals surface area contributed by atoms with Gasteiger partial charge in [0.05, 0.1) is 12.6 Å². The van der Waals surface area contributed by atoms with Gasteiger partial charge in [0.25, 0.3) is 0 Å². The molecule has 2 saturated heterocycles. The van der Waals surface area contributed by atoms with Crippen molar-refractivity contribution in [1.82, 2.24) is 10.2 Å². The molecular formula is C10H18N2O2. The Kier molecular flexibility index (Phi) is 3.03. The van der Waals surface area contributed by atoms with Gasteiger partial charge in [-0.1, -0.05) is 0 Å². The van der Waals surface area contributed by atoms with Crippen LogP contribution in [0, 0.1) is 5.92 Å². The second kappa shape index (κ2) is 4.28. The van der Waals surface area contributed by atoms with Gasteiger partial charge >= 0.3 is 0 Å². The minimum atomic E-state index is 0.124. The smallest absolute Gasteiger partial charge is 0.237 e. The van der Waals surface area contributed by atoms with Gasteiger partial charge < -0.3 is 10.1 Å². The molecule has 2 atom stereocenters. The molecule has 0 radical (unpaired) electrons. The maximum atomic E-state index is 11.7. The summed E-state index contributed by atoms with van der Waals surface area (Å²) in [6.45, 7) is 3.51. The molecule has 2 aliphatic rings. The Morgan fingerprint density at radius 3 is 3.21 bits per heavy atom. The van der Waals surface area contributed by atoms with Crippen molar-refractivity contribution < 1.29 is 9.53 Å². The number of nitrogens with one attached hydrogen (secondary N) is 1. The lowest BCUT2D eigenvalue weighted by molar-refractivity contribution is -0.128. The molecule has 0 aliphatic carbocycles. The molecule has 14 heavy (non-hydrogen) atoms. The molecule has 0 saturated carbocycles. The molecule has 4 heteroatoms. The number of carbonyl (C=O) groups excluding carboxylic acids is 1. The second-order valence-corrected chi connectivity index (χ2v) is 4.10. The Bertz CT molecular complexity index is 220. The van der Waals surface area contributed by atoms with E-state index in [9.17, 15) is 4.79 Å². The van der Waals surface area contributed by atoms with E-state index < -0.39 is 0 Å². The summed E-state index contributed by atoms with van der Waals surface area (Å²) >= 11 is 0. The number of nitrogens with zero attached hydrogens (tertiary/aromatic N) is 1. The van der Waals surface area contributed by atoms with Crippen LogP contribution < -0.4 is 5.32 Å². The fourth-order valence-corrected chi connectivity index (χ4v) is 2.55. The van der Waals surface area contributed by atoms with Crippen molar-refractivity contribution in [2.45, 2.75) is 18.9 Å². The van der Waals surface area contributed by atoms with E-state index in [2.05, 4.69) is 10.2 Å². The average molecular weight is 198 g/mol. The number of likely N-dealkylation sites (tertiary alicyclic amines) is 1. The van der Waals surface area contributed by atoms with Crippen molar-refractivity contribution in [2.75, 3.05) is 33.4 Å². The molecule has 1 amide bonds. The number of carbonyl (C=O) groups is 1. The molecule has 2 rings (SSSR count). The van der Waals surface area contributed by atoms with Gasteiger partial charge in [-0.15, -0.1) is 0 Å². The second-order valence-electron chi connectivity index (χ2n) is 4.10. The van der Waals surface area contributed by atoms with Crippen LogP contribution in [-0.2, 0) is 9.53 Å². The SMILES string of the molecule is COCCN1CCC2CCNC(=O)C21. The number of ether oxygens (including phenoxy) is 1. The first-order valence-electron chi connectivity index (χ1n) is 5.33. The van der Waals surface area contributed by atoms with Gasteiger partial charge in [-0.05, 0) is 25.3 Å². The third-order valence-corrected chi connectivity index (χ3v) is 3.29. The highest BCUT2D eigenvalue weighted by Crippen LogP contribution is 2.28. The van der Waals surface area contributed by atoms with Crippen LogP contribution in [0.4, 0.5) is 0 Å². The number of rotatable bonds is 3. The maximum absolute atomic E-state index is 11.7. The van der Waals surface area contributed by atoms with E-state index in [-0.39, 0.29) is 11.9 Å². The minimum absolute atomic E-state index is 0.124.